The average Bonchev–Trinajstić information content (AvgIpc) is 2.87. The van der Waals surface area contributed by atoms with Gasteiger partial charge in [-0.1, -0.05) is 61.3 Å². The van der Waals surface area contributed by atoms with Crippen molar-refractivity contribution in [2.75, 3.05) is 0 Å². The minimum Gasteiger partial charge on any atom is -0.266 e. The number of aromatic nitrogens is 2. The molecular weight excluding hydrogens is 268 g/mol. The van der Waals surface area contributed by atoms with Crippen molar-refractivity contribution in [1.82, 2.24) is 10.2 Å². The Labute approximate surface area is 123 Å². The lowest BCUT2D eigenvalue weighted by Crippen LogP contribution is -2.00. The zero-order valence-corrected chi connectivity index (χ0v) is 12.2. The molecule has 1 aromatic heterocycles. The fourth-order valence-corrected chi connectivity index (χ4v) is 2.91. The van der Waals surface area contributed by atoms with Gasteiger partial charge >= 0.3 is 0 Å². The summed E-state index contributed by atoms with van der Waals surface area (Å²) in [4.78, 5) is 0. The van der Waals surface area contributed by atoms with Gasteiger partial charge in [0.25, 0.3) is 0 Å². The minimum absolute atomic E-state index is 0.413. The average molecular weight is 285 g/mol. The lowest BCUT2D eigenvalue weighted by molar-refractivity contribution is 0.699. The molecule has 1 atom stereocenters. The Kier molecular flexibility index (Phi) is 3.75. The van der Waals surface area contributed by atoms with Crippen LogP contribution in [0.5, 0.6) is 0 Å². The summed E-state index contributed by atoms with van der Waals surface area (Å²) >= 11 is 6.15. The first-order valence-electron chi connectivity index (χ1n) is 6.98. The topological polar surface area (TPSA) is 28.7 Å². The predicted octanol–water partition coefficient (Wildman–Crippen LogP) is 5.15. The number of benzene rings is 2. The zero-order chi connectivity index (χ0) is 13.9. The summed E-state index contributed by atoms with van der Waals surface area (Å²) in [5, 5.41) is 8.63. The minimum atomic E-state index is 0.413. The zero-order valence-electron chi connectivity index (χ0n) is 11.4. The van der Waals surface area contributed by atoms with Gasteiger partial charge in [0.1, 0.15) is 5.15 Å². The number of rotatable bonds is 4. The molecule has 3 rings (SSSR count). The lowest BCUT2D eigenvalue weighted by atomic mass is 9.87. The van der Waals surface area contributed by atoms with Crippen LogP contribution in [-0.2, 0) is 0 Å². The first-order chi connectivity index (χ1) is 9.79. The molecule has 0 amide bonds. The maximum Gasteiger partial charge on any atom is 0.132 e. The second-order valence-electron chi connectivity index (χ2n) is 5.07. The van der Waals surface area contributed by atoms with Gasteiger partial charge in [-0.05, 0) is 29.7 Å². The molecule has 2 aromatic carbocycles. The summed E-state index contributed by atoms with van der Waals surface area (Å²) in [5.41, 5.74) is 3.57. The Morgan fingerprint density at radius 2 is 1.90 bits per heavy atom. The number of nitrogens with one attached hydrogen (secondary N) is 1. The highest BCUT2D eigenvalue weighted by Crippen LogP contribution is 2.32. The number of halogens is 1. The van der Waals surface area contributed by atoms with Crippen molar-refractivity contribution in [3.05, 3.63) is 64.8 Å². The molecule has 0 saturated heterocycles. The van der Waals surface area contributed by atoms with Gasteiger partial charge in [-0.15, -0.1) is 0 Å². The highest BCUT2D eigenvalue weighted by molar-refractivity contribution is 6.34. The molecule has 3 heteroatoms. The van der Waals surface area contributed by atoms with Crippen LogP contribution in [0.25, 0.3) is 10.9 Å². The number of hydrogen-bond acceptors (Lipinski definition) is 1. The van der Waals surface area contributed by atoms with E-state index in [1.807, 2.05) is 6.07 Å². The number of H-pyrrole nitrogens is 1. The van der Waals surface area contributed by atoms with E-state index in [4.69, 9.17) is 11.6 Å². The molecule has 0 bridgehead atoms. The van der Waals surface area contributed by atoms with Crippen LogP contribution >= 0.6 is 11.6 Å². The largest absolute Gasteiger partial charge is 0.266 e. The Morgan fingerprint density at radius 1 is 1.10 bits per heavy atom. The Balaban J connectivity index is 2.07. The number of aromatic amines is 1. The van der Waals surface area contributed by atoms with Crippen LogP contribution in [0.1, 0.15) is 36.8 Å². The van der Waals surface area contributed by atoms with E-state index in [1.165, 1.54) is 11.1 Å². The quantitative estimate of drug-likeness (QED) is 0.705. The third kappa shape index (κ3) is 2.44. The summed E-state index contributed by atoms with van der Waals surface area (Å²) in [7, 11) is 0. The van der Waals surface area contributed by atoms with Crippen molar-refractivity contribution in [1.29, 1.82) is 0 Å². The second kappa shape index (κ2) is 5.68. The maximum atomic E-state index is 6.15. The van der Waals surface area contributed by atoms with Gasteiger partial charge in [-0.3, -0.25) is 5.10 Å². The van der Waals surface area contributed by atoms with Crippen LogP contribution in [0.4, 0.5) is 0 Å². The molecule has 102 valence electrons. The molecule has 0 aliphatic carbocycles. The highest BCUT2D eigenvalue weighted by Gasteiger charge is 2.14. The van der Waals surface area contributed by atoms with Crippen molar-refractivity contribution >= 4 is 22.5 Å². The first kappa shape index (κ1) is 13.2. The molecule has 20 heavy (non-hydrogen) atoms. The van der Waals surface area contributed by atoms with E-state index in [0.717, 1.165) is 23.7 Å². The second-order valence-corrected chi connectivity index (χ2v) is 5.44. The molecule has 1 heterocycles. The van der Waals surface area contributed by atoms with E-state index in [2.05, 4.69) is 59.6 Å². The monoisotopic (exact) mass is 284 g/mol. The molecular formula is C17H17ClN2. The van der Waals surface area contributed by atoms with Gasteiger partial charge in [0.05, 0.1) is 5.52 Å². The van der Waals surface area contributed by atoms with Crippen molar-refractivity contribution in [2.45, 2.75) is 25.7 Å². The fourth-order valence-electron chi connectivity index (χ4n) is 2.71. The van der Waals surface area contributed by atoms with E-state index in [9.17, 15) is 0 Å². The third-order valence-corrected chi connectivity index (χ3v) is 4.00. The fraction of sp³-hybridized carbons (Fsp3) is 0.235. The SMILES string of the molecule is CCC[C@H](c1ccccc1)c1ccc2n[nH]c(Cl)c2c1. The van der Waals surface area contributed by atoms with Gasteiger partial charge in [0.2, 0.25) is 0 Å². The van der Waals surface area contributed by atoms with Crippen molar-refractivity contribution in [3.8, 4) is 0 Å². The van der Waals surface area contributed by atoms with E-state index in [1.54, 1.807) is 0 Å². The third-order valence-electron chi connectivity index (χ3n) is 3.71. The summed E-state index contributed by atoms with van der Waals surface area (Å²) < 4.78 is 0. The molecule has 0 aliphatic rings. The molecule has 2 nitrogen and oxygen atoms in total. The lowest BCUT2D eigenvalue weighted by Gasteiger charge is -2.17. The molecule has 0 fully saturated rings. The normalized spacial score (nSPS) is 12.7. The molecule has 0 spiro atoms. The Hall–Kier alpha value is -1.80. The number of fused-ring (bicyclic) bond motifs is 1. The van der Waals surface area contributed by atoms with E-state index in [0.29, 0.717) is 11.1 Å². The van der Waals surface area contributed by atoms with Gasteiger partial charge in [-0.2, -0.15) is 5.10 Å². The summed E-state index contributed by atoms with van der Waals surface area (Å²) in [5.74, 6) is 0.413. The van der Waals surface area contributed by atoms with Crippen molar-refractivity contribution in [2.24, 2.45) is 0 Å². The predicted molar refractivity (Wildman–Crippen MR) is 84.3 cm³/mol. The molecule has 0 unspecified atom stereocenters. The standard InChI is InChI=1S/C17H17ClN2/c1-2-6-14(12-7-4-3-5-8-12)13-9-10-16-15(11-13)17(18)20-19-16/h3-5,7-11,14H,2,6H2,1H3,(H,19,20)/t14-/m1/s1. The van der Waals surface area contributed by atoms with Gasteiger partial charge in [0, 0.05) is 11.3 Å². The van der Waals surface area contributed by atoms with Crippen molar-refractivity contribution < 1.29 is 0 Å². The highest BCUT2D eigenvalue weighted by atomic mass is 35.5. The molecule has 0 radical (unpaired) electrons. The van der Waals surface area contributed by atoms with E-state index >= 15 is 0 Å². The molecule has 0 saturated carbocycles. The van der Waals surface area contributed by atoms with E-state index in [-0.39, 0.29) is 0 Å². The number of hydrogen-bond donors (Lipinski definition) is 1. The van der Waals surface area contributed by atoms with Gasteiger partial charge in [-0.25, -0.2) is 0 Å². The Morgan fingerprint density at radius 3 is 2.65 bits per heavy atom. The first-order valence-corrected chi connectivity index (χ1v) is 7.36. The molecule has 1 N–H and O–H groups in total. The number of nitrogens with zero attached hydrogens (tertiary/aromatic N) is 1. The van der Waals surface area contributed by atoms with Crippen LogP contribution in [0.2, 0.25) is 5.15 Å². The summed E-state index contributed by atoms with van der Waals surface area (Å²) in [6.45, 7) is 2.22. The van der Waals surface area contributed by atoms with Crippen LogP contribution in [0.15, 0.2) is 48.5 Å². The smallest absolute Gasteiger partial charge is 0.132 e. The maximum absolute atomic E-state index is 6.15. The molecule has 3 aromatic rings. The van der Waals surface area contributed by atoms with Gasteiger partial charge < -0.3 is 0 Å². The van der Waals surface area contributed by atoms with Crippen molar-refractivity contribution in [3.63, 3.8) is 0 Å². The van der Waals surface area contributed by atoms with Crippen LogP contribution in [-0.4, -0.2) is 10.2 Å². The summed E-state index contributed by atoms with van der Waals surface area (Å²) in [6, 6.07) is 17.0. The van der Waals surface area contributed by atoms with Crippen LogP contribution in [0.3, 0.4) is 0 Å². The van der Waals surface area contributed by atoms with E-state index < -0.39 is 0 Å². The Bertz CT molecular complexity index is 703. The molecule has 0 aliphatic heterocycles. The summed E-state index contributed by atoms with van der Waals surface area (Å²) in [6.07, 6.45) is 2.28. The van der Waals surface area contributed by atoms with Crippen LogP contribution < -0.4 is 0 Å². The van der Waals surface area contributed by atoms with Gasteiger partial charge in [0.15, 0.2) is 0 Å². The van der Waals surface area contributed by atoms with Crippen LogP contribution in [0, 0.1) is 0 Å².